The van der Waals surface area contributed by atoms with Crippen LogP contribution in [0.15, 0.2) is 35.7 Å². The summed E-state index contributed by atoms with van der Waals surface area (Å²) in [6, 6.07) is 6.85. The normalized spacial score (nSPS) is 10.6. The number of carbonyl (C=O) groups excluding carboxylic acids is 2. The van der Waals surface area contributed by atoms with Crippen molar-refractivity contribution in [2.75, 3.05) is 22.1 Å². The first-order valence-corrected chi connectivity index (χ1v) is 8.26. The van der Waals surface area contributed by atoms with Crippen LogP contribution in [0, 0.1) is 0 Å². The largest absolute Gasteiger partial charge is 0.382 e. The summed E-state index contributed by atoms with van der Waals surface area (Å²) in [4.78, 5) is 38.1. The van der Waals surface area contributed by atoms with Gasteiger partial charge in [-0.1, -0.05) is 11.8 Å². The second-order valence-electron chi connectivity index (χ2n) is 5.09. The summed E-state index contributed by atoms with van der Waals surface area (Å²) in [6.07, 6.45) is 1.34. The average molecular weight is 357 g/mol. The molecule has 2 heterocycles. The minimum Gasteiger partial charge on any atom is -0.382 e. The monoisotopic (exact) mass is 357 g/mol. The maximum atomic E-state index is 12.0. The second kappa shape index (κ2) is 7.18. The molecule has 0 fully saturated rings. The van der Waals surface area contributed by atoms with Gasteiger partial charge < -0.3 is 21.4 Å². The summed E-state index contributed by atoms with van der Waals surface area (Å²) in [5, 5.41) is 5.97. The van der Waals surface area contributed by atoms with Crippen molar-refractivity contribution in [3.63, 3.8) is 0 Å². The Kier molecular flexibility index (Phi) is 4.80. The number of H-pyrrole nitrogens is 1. The number of nitrogens with two attached hydrogens (primary N) is 1. The zero-order chi connectivity index (χ0) is 17.8. The minimum absolute atomic E-state index is 0.149. The Hall–Kier alpha value is -3.14. The molecule has 10 heteroatoms. The lowest BCUT2D eigenvalue weighted by Gasteiger charge is -2.06. The summed E-state index contributed by atoms with van der Waals surface area (Å²) < 4.78 is 0. The van der Waals surface area contributed by atoms with Crippen LogP contribution in [0.2, 0.25) is 0 Å². The van der Waals surface area contributed by atoms with Gasteiger partial charge in [-0.3, -0.25) is 9.59 Å². The highest BCUT2D eigenvalue weighted by molar-refractivity contribution is 7.99. The molecule has 2 aromatic heterocycles. The predicted molar refractivity (Wildman–Crippen MR) is 96.2 cm³/mol. The maximum Gasteiger partial charge on any atom is 0.234 e. The van der Waals surface area contributed by atoms with Gasteiger partial charge in [0.15, 0.2) is 16.6 Å². The Morgan fingerprint density at radius 1 is 1.16 bits per heavy atom. The molecule has 0 unspecified atom stereocenters. The summed E-state index contributed by atoms with van der Waals surface area (Å²) in [7, 11) is 0. The minimum atomic E-state index is -0.184. The molecule has 128 valence electrons. The molecule has 0 radical (unpaired) electrons. The molecule has 25 heavy (non-hydrogen) atoms. The summed E-state index contributed by atoms with van der Waals surface area (Å²) in [5.74, 6) is 0.148. The number of aromatic amines is 1. The molecular formula is C15H15N7O2S. The third-order valence-corrected chi connectivity index (χ3v) is 4.00. The molecule has 0 aliphatic heterocycles. The van der Waals surface area contributed by atoms with E-state index in [0.29, 0.717) is 33.5 Å². The van der Waals surface area contributed by atoms with E-state index in [2.05, 4.69) is 30.6 Å². The molecule has 5 N–H and O–H groups in total. The summed E-state index contributed by atoms with van der Waals surface area (Å²) in [5.41, 5.74) is 8.06. The van der Waals surface area contributed by atoms with Gasteiger partial charge in [-0.05, 0) is 24.3 Å². The smallest absolute Gasteiger partial charge is 0.234 e. The predicted octanol–water partition coefficient (Wildman–Crippen LogP) is 1.62. The van der Waals surface area contributed by atoms with Crippen molar-refractivity contribution >= 4 is 51.9 Å². The van der Waals surface area contributed by atoms with E-state index >= 15 is 0 Å². The number of nitrogens with zero attached hydrogens (tertiary/aromatic N) is 3. The van der Waals surface area contributed by atoms with E-state index in [1.165, 1.54) is 25.0 Å². The fraction of sp³-hybridized carbons (Fsp3) is 0.133. The highest BCUT2D eigenvalue weighted by atomic mass is 32.2. The van der Waals surface area contributed by atoms with Crippen molar-refractivity contribution in [2.24, 2.45) is 0 Å². The number of amides is 2. The number of hydrogen-bond donors (Lipinski definition) is 4. The first-order chi connectivity index (χ1) is 12.0. The zero-order valence-electron chi connectivity index (χ0n) is 13.2. The molecule has 0 aliphatic carbocycles. The first-order valence-electron chi connectivity index (χ1n) is 7.28. The molecular weight excluding hydrogens is 342 g/mol. The molecule has 3 aromatic rings. The van der Waals surface area contributed by atoms with Crippen LogP contribution in [0.3, 0.4) is 0 Å². The Balaban J connectivity index is 1.56. The molecule has 0 saturated heterocycles. The highest BCUT2D eigenvalue weighted by Crippen LogP contribution is 2.21. The number of fused-ring (bicyclic) bond motifs is 1. The second-order valence-corrected chi connectivity index (χ2v) is 6.06. The molecule has 1 aromatic carbocycles. The van der Waals surface area contributed by atoms with Gasteiger partial charge in [0.05, 0.1) is 5.75 Å². The number of hydrogen-bond acceptors (Lipinski definition) is 7. The molecule has 0 spiro atoms. The van der Waals surface area contributed by atoms with Gasteiger partial charge in [0.1, 0.15) is 11.8 Å². The zero-order valence-corrected chi connectivity index (χ0v) is 14.1. The van der Waals surface area contributed by atoms with Gasteiger partial charge in [-0.15, -0.1) is 0 Å². The van der Waals surface area contributed by atoms with E-state index in [1.54, 1.807) is 24.3 Å². The van der Waals surface area contributed by atoms with Crippen LogP contribution in [0.5, 0.6) is 0 Å². The SMILES string of the molecule is CC(=O)Nc1ccc(NC(=O)CSc2nc3ncnc(N)c3[nH]2)cc1. The Labute approximate surface area is 146 Å². The van der Waals surface area contributed by atoms with Crippen LogP contribution >= 0.6 is 11.8 Å². The van der Waals surface area contributed by atoms with Gasteiger partial charge in [0, 0.05) is 18.3 Å². The number of imidazole rings is 1. The van der Waals surface area contributed by atoms with Crippen molar-refractivity contribution < 1.29 is 9.59 Å². The van der Waals surface area contributed by atoms with E-state index in [4.69, 9.17) is 5.73 Å². The lowest BCUT2D eigenvalue weighted by atomic mass is 10.3. The third kappa shape index (κ3) is 4.23. The Bertz CT molecular complexity index is 923. The number of thioether (sulfide) groups is 1. The third-order valence-electron chi connectivity index (χ3n) is 3.12. The van der Waals surface area contributed by atoms with Gasteiger partial charge in [-0.25, -0.2) is 15.0 Å². The average Bonchev–Trinajstić information content (AvgIpc) is 2.99. The van der Waals surface area contributed by atoms with Gasteiger partial charge in [-0.2, -0.15) is 0 Å². The Morgan fingerprint density at radius 2 is 1.84 bits per heavy atom. The van der Waals surface area contributed by atoms with Gasteiger partial charge in [0.2, 0.25) is 11.8 Å². The van der Waals surface area contributed by atoms with Crippen LogP contribution < -0.4 is 16.4 Å². The first kappa shape index (κ1) is 16.7. The number of rotatable bonds is 5. The van der Waals surface area contributed by atoms with Gasteiger partial charge in [0.25, 0.3) is 0 Å². The van der Waals surface area contributed by atoms with Crippen molar-refractivity contribution in [2.45, 2.75) is 12.1 Å². The maximum absolute atomic E-state index is 12.0. The quantitative estimate of drug-likeness (QED) is 0.509. The van der Waals surface area contributed by atoms with Crippen LogP contribution in [-0.2, 0) is 9.59 Å². The highest BCUT2D eigenvalue weighted by Gasteiger charge is 2.10. The van der Waals surface area contributed by atoms with Crippen LogP contribution in [-0.4, -0.2) is 37.5 Å². The van der Waals surface area contributed by atoms with Crippen molar-refractivity contribution in [1.29, 1.82) is 0 Å². The van der Waals surface area contributed by atoms with E-state index in [-0.39, 0.29) is 17.6 Å². The fourth-order valence-corrected chi connectivity index (χ4v) is 2.73. The van der Waals surface area contributed by atoms with E-state index in [0.717, 1.165) is 0 Å². The number of aromatic nitrogens is 4. The summed E-state index contributed by atoms with van der Waals surface area (Å²) in [6.45, 7) is 1.43. The number of nitrogens with one attached hydrogen (secondary N) is 3. The number of nitrogen functional groups attached to an aromatic ring is 1. The molecule has 0 aliphatic rings. The molecule has 0 saturated carbocycles. The number of benzene rings is 1. The van der Waals surface area contributed by atoms with Crippen LogP contribution in [0.25, 0.3) is 11.2 Å². The lowest BCUT2D eigenvalue weighted by molar-refractivity contribution is -0.114. The Morgan fingerprint density at radius 3 is 2.48 bits per heavy atom. The van der Waals surface area contributed by atoms with Crippen LogP contribution in [0.4, 0.5) is 17.2 Å². The lowest BCUT2D eigenvalue weighted by Crippen LogP contribution is -2.14. The standard InChI is InChI=1S/C15H15N7O2S/c1-8(23)19-9-2-4-10(5-3-9)20-11(24)6-25-15-21-12-13(16)17-7-18-14(12)22-15/h2-5,7H,6H2,1H3,(H,19,23)(H,20,24)(H3,16,17,18,21,22). The van der Waals surface area contributed by atoms with Crippen molar-refractivity contribution in [1.82, 2.24) is 19.9 Å². The molecule has 0 bridgehead atoms. The summed E-state index contributed by atoms with van der Waals surface area (Å²) >= 11 is 1.23. The van der Waals surface area contributed by atoms with E-state index < -0.39 is 0 Å². The van der Waals surface area contributed by atoms with E-state index in [1.807, 2.05) is 0 Å². The van der Waals surface area contributed by atoms with Gasteiger partial charge >= 0.3 is 0 Å². The topological polar surface area (TPSA) is 139 Å². The van der Waals surface area contributed by atoms with Crippen molar-refractivity contribution in [3.8, 4) is 0 Å². The number of anilines is 3. The van der Waals surface area contributed by atoms with Crippen molar-refractivity contribution in [3.05, 3.63) is 30.6 Å². The van der Waals surface area contributed by atoms with Crippen LogP contribution in [0.1, 0.15) is 6.92 Å². The van der Waals surface area contributed by atoms with E-state index in [9.17, 15) is 9.59 Å². The fourth-order valence-electron chi connectivity index (χ4n) is 2.06. The molecule has 9 nitrogen and oxygen atoms in total. The molecule has 2 amide bonds. The number of carbonyl (C=O) groups is 2. The molecule has 3 rings (SSSR count). The molecule has 0 atom stereocenters.